The van der Waals surface area contributed by atoms with E-state index in [9.17, 15) is 0 Å². The average molecular weight is 261 g/mol. The van der Waals surface area contributed by atoms with Gasteiger partial charge in [0.05, 0.1) is 0 Å². The van der Waals surface area contributed by atoms with Gasteiger partial charge in [-0.15, -0.1) is 0 Å². The van der Waals surface area contributed by atoms with Crippen LogP contribution in [0.3, 0.4) is 0 Å². The van der Waals surface area contributed by atoms with Gasteiger partial charge in [0.25, 0.3) is 0 Å². The molecule has 1 N–H and O–H groups in total. The van der Waals surface area contributed by atoms with Crippen LogP contribution in [0.5, 0.6) is 0 Å². The molecule has 0 saturated heterocycles. The van der Waals surface area contributed by atoms with E-state index >= 15 is 0 Å². The normalized spacial score (nSPS) is 13.8. The summed E-state index contributed by atoms with van der Waals surface area (Å²) in [6, 6.07) is 8.99. The molecule has 0 fully saturated rings. The quantitative estimate of drug-likeness (QED) is 0.767. The highest BCUT2D eigenvalue weighted by molar-refractivity contribution is 5.25. The lowest BCUT2D eigenvalue weighted by atomic mass is 9.90. The van der Waals surface area contributed by atoms with Crippen LogP contribution in [0.25, 0.3) is 0 Å². The second-order valence-electron chi connectivity index (χ2n) is 7.21. The molecule has 0 aliphatic heterocycles. The Morgan fingerprint density at radius 1 is 1.11 bits per heavy atom. The first-order chi connectivity index (χ1) is 8.78. The van der Waals surface area contributed by atoms with E-state index in [1.54, 1.807) is 0 Å². The average Bonchev–Trinajstić information content (AvgIpc) is 2.27. The van der Waals surface area contributed by atoms with Crippen molar-refractivity contribution in [3.05, 3.63) is 35.4 Å². The molecule has 0 amide bonds. The van der Waals surface area contributed by atoms with Crippen molar-refractivity contribution < 1.29 is 0 Å². The Bertz CT molecular complexity index is 374. The molecule has 1 aromatic carbocycles. The smallest absolute Gasteiger partial charge is 0.00967 e. The molecule has 1 heteroatoms. The van der Waals surface area contributed by atoms with Crippen molar-refractivity contribution in [2.75, 3.05) is 6.54 Å². The van der Waals surface area contributed by atoms with Gasteiger partial charge in [-0.3, -0.25) is 0 Å². The monoisotopic (exact) mass is 261 g/mol. The minimum Gasteiger partial charge on any atom is -0.311 e. The van der Waals surface area contributed by atoms with E-state index in [-0.39, 0.29) is 5.54 Å². The molecule has 1 unspecified atom stereocenters. The topological polar surface area (TPSA) is 12.0 Å². The molecule has 19 heavy (non-hydrogen) atoms. The van der Waals surface area contributed by atoms with Crippen molar-refractivity contribution in [1.82, 2.24) is 5.32 Å². The van der Waals surface area contributed by atoms with Crippen LogP contribution in [-0.4, -0.2) is 12.1 Å². The molecule has 1 rings (SSSR count). The zero-order valence-corrected chi connectivity index (χ0v) is 13.6. The van der Waals surface area contributed by atoms with Crippen molar-refractivity contribution in [1.29, 1.82) is 0 Å². The number of hydrogen-bond acceptors (Lipinski definition) is 1. The van der Waals surface area contributed by atoms with Gasteiger partial charge in [-0.2, -0.15) is 0 Å². The Morgan fingerprint density at radius 2 is 1.79 bits per heavy atom. The van der Waals surface area contributed by atoms with Crippen molar-refractivity contribution in [2.24, 2.45) is 5.92 Å². The van der Waals surface area contributed by atoms with E-state index in [1.165, 1.54) is 24.0 Å². The van der Waals surface area contributed by atoms with E-state index < -0.39 is 0 Å². The van der Waals surface area contributed by atoms with Crippen molar-refractivity contribution in [3.63, 3.8) is 0 Å². The van der Waals surface area contributed by atoms with Crippen LogP contribution < -0.4 is 5.32 Å². The van der Waals surface area contributed by atoms with Crippen molar-refractivity contribution in [3.8, 4) is 0 Å². The van der Waals surface area contributed by atoms with Gasteiger partial charge in [0, 0.05) is 12.1 Å². The number of benzene rings is 1. The first-order valence-electron chi connectivity index (χ1n) is 7.59. The molecule has 0 saturated carbocycles. The Balaban J connectivity index is 2.73. The first kappa shape index (κ1) is 16.2. The minimum atomic E-state index is 0.194. The lowest BCUT2D eigenvalue weighted by Gasteiger charge is -2.26. The Kier molecular flexibility index (Phi) is 6.06. The van der Waals surface area contributed by atoms with Crippen LogP contribution in [0.4, 0.5) is 0 Å². The molecule has 0 heterocycles. The fraction of sp³-hybridized carbons (Fsp3) is 0.667. The molecule has 1 atom stereocenters. The number of rotatable bonds is 6. The highest BCUT2D eigenvalue weighted by Crippen LogP contribution is 2.24. The maximum Gasteiger partial charge on any atom is 0.00967 e. The van der Waals surface area contributed by atoms with Crippen LogP contribution in [0.1, 0.15) is 64.5 Å². The number of aryl methyl sites for hydroxylation is 1. The van der Waals surface area contributed by atoms with E-state index in [0.717, 1.165) is 12.5 Å². The standard InChI is InChI=1S/C18H31N/c1-14(2)10-11-17(13-19-18(4,5)6)16-9-7-8-15(3)12-16/h7-9,12,14,17,19H,10-11,13H2,1-6H3. The van der Waals surface area contributed by atoms with E-state index in [4.69, 9.17) is 0 Å². The molecular formula is C18H31N. The number of nitrogens with one attached hydrogen (secondary N) is 1. The summed E-state index contributed by atoms with van der Waals surface area (Å²) in [6.07, 6.45) is 2.56. The van der Waals surface area contributed by atoms with Crippen LogP contribution in [0, 0.1) is 12.8 Å². The minimum absolute atomic E-state index is 0.194. The van der Waals surface area contributed by atoms with Crippen molar-refractivity contribution >= 4 is 0 Å². The van der Waals surface area contributed by atoms with E-state index in [1.807, 2.05) is 0 Å². The molecule has 0 bridgehead atoms. The third-order valence-electron chi connectivity index (χ3n) is 3.48. The molecule has 0 spiro atoms. The predicted molar refractivity (Wildman–Crippen MR) is 85.7 cm³/mol. The summed E-state index contributed by atoms with van der Waals surface area (Å²) < 4.78 is 0. The summed E-state index contributed by atoms with van der Waals surface area (Å²) >= 11 is 0. The third-order valence-corrected chi connectivity index (χ3v) is 3.48. The Labute approximate surface area is 119 Å². The largest absolute Gasteiger partial charge is 0.311 e. The van der Waals surface area contributed by atoms with E-state index in [0.29, 0.717) is 5.92 Å². The van der Waals surface area contributed by atoms with Gasteiger partial charge in [-0.25, -0.2) is 0 Å². The van der Waals surface area contributed by atoms with Gasteiger partial charge in [0.15, 0.2) is 0 Å². The molecule has 1 aromatic rings. The summed E-state index contributed by atoms with van der Waals surface area (Å²) in [6.45, 7) is 14.6. The van der Waals surface area contributed by atoms with Gasteiger partial charge in [-0.1, -0.05) is 50.1 Å². The zero-order chi connectivity index (χ0) is 14.5. The van der Waals surface area contributed by atoms with Gasteiger partial charge < -0.3 is 5.32 Å². The molecular weight excluding hydrogens is 230 g/mol. The molecule has 0 aliphatic rings. The zero-order valence-electron chi connectivity index (χ0n) is 13.6. The lowest BCUT2D eigenvalue weighted by molar-refractivity contribution is 0.387. The highest BCUT2D eigenvalue weighted by atomic mass is 14.9. The molecule has 108 valence electrons. The number of hydrogen-bond donors (Lipinski definition) is 1. The predicted octanol–water partition coefficient (Wildman–Crippen LogP) is 4.90. The second-order valence-corrected chi connectivity index (χ2v) is 7.21. The maximum atomic E-state index is 3.66. The van der Waals surface area contributed by atoms with Gasteiger partial charge in [0.2, 0.25) is 0 Å². The summed E-state index contributed by atoms with van der Waals surface area (Å²) in [4.78, 5) is 0. The van der Waals surface area contributed by atoms with Crippen LogP contribution in [0.2, 0.25) is 0 Å². The Hall–Kier alpha value is -0.820. The summed E-state index contributed by atoms with van der Waals surface area (Å²) in [7, 11) is 0. The first-order valence-corrected chi connectivity index (χ1v) is 7.59. The highest BCUT2D eigenvalue weighted by Gasteiger charge is 2.16. The fourth-order valence-corrected chi connectivity index (χ4v) is 2.27. The van der Waals surface area contributed by atoms with E-state index in [2.05, 4.69) is 71.1 Å². The molecule has 0 radical (unpaired) electrons. The Morgan fingerprint density at radius 3 is 2.32 bits per heavy atom. The van der Waals surface area contributed by atoms with Gasteiger partial charge in [0.1, 0.15) is 0 Å². The summed E-state index contributed by atoms with van der Waals surface area (Å²) in [5.41, 5.74) is 3.04. The van der Waals surface area contributed by atoms with Crippen LogP contribution in [0.15, 0.2) is 24.3 Å². The summed E-state index contributed by atoms with van der Waals surface area (Å²) in [5, 5.41) is 3.66. The van der Waals surface area contributed by atoms with Crippen LogP contribution >= 0.6 is 0 Å². The third kappa shape index (κ3) is 6.77. The fourth-order valence-electron chi connectivity index (χ4n) is 2.27. The van der Waals surface area contributed by atoms with Crippen molar-refractivity contribution in [2.45, 2.75) is 65.8 Å². The van der Waals surface area contributed by atoms with Gasteiger partial charge >= 0.3 is 0 Å². The molecule has 0 aromatic heterocycles. The molecule has 0 aliphatic carbocycles. The summed E-state index contributed by atoms with van der Waals surface area (Å²) in [5.74, 6) is 1.41. The lowest BCUT2D eigenvalue weighted by Crippen LogP contribution is -2.38. The SMILES string of the molecule is Cc1cccc(C(CCC(C)C)CNC(C)(C)C)c1. The second kappa shape index (κ2) is 7.09. The maximum absolute atomic E-state index is 3.66. The van der Waals surface area contributed by atoms with Crippen LogP contribution in [-0.2, 0) is 0 Å². The van der Waals surface area contributed by atoms with Gasteiger partial charge in [-0.05, 0) is 51.5 Å². The molecule has 1 nitrogen and oxygen atoms in total.